The van der Waals surface area contributed by atoms with Gasteiger partial charge < -0.3 is 10.0 Å². The predicted octanol–water partition coefficient (Wildman–Crippen LogP) is 1.39. The Morgan fingerprint density at radius 2 is 2.17 bits per heavy atom. The number of amides is 1. The van der Waals surface area contributed by atoms with Crippen LogP contribution in [0, 0.1) is 12.3 Å². The van der Waals surface area contributed by atoms with Crippen LogP contribution in [0.3, 0.4) is 0 Å². The third-order valence-corrected chi connectivity index (χ3v) is 4.28. The highest BCUT2D eigenvalue weighted by molar-refractivity contribution is 5.85. The SMILES string of the molecule is C#CCCC1(CCC(=O)N2CC(c3cc(C(=O)O)n[nH]3)C2)N=N1. The summed E-state index contributed by atoms with van der Waals surface area (Å²) in [7, 11) is 0. The summed E-state index contributed by atoms with van der Waals surface area (Å²) in [6, 6.07) is 1.52. The van der Waals surface area contributed by atoms with Crippen LogP contribution >= 0.6 is 0 Å². The second-order valence-electron chi connectivity index (χ2n) is 5.90. The zero-order valence-electron chi connectivity index (χ0n) is 12.5. The standard InChI is InChI=1S/C15H17N5O3/c1-2-3-5-15(18-19-15)6-4-13(21)20-8-10(9-20)11-7-12(14(22)23)17-16-11/h1,7,10H,3-6,8-9H2,(H,16,17)(H,22,23). The summed E-state index contributed by atoms with van der Waals surface area (Å²) < 4.78 is 0. The maximum atomic E-state index is 12.1. The van der Waals surface area contributed by atoms with E-state index in [-0.39, 0.29) is 17.5 Å². The van der Waals surface area contributed by atoms with Crippen molar-refractivity contribution in [3.05, 3.63) is 17.5 Å². The largest absolute Gasteiger partial charge is 0.476 e. The van der Waals surface area contributed by atoms with Gasteiger partial charge in [0.15, 0.2) is 11.4 Å². The Balaban J connectivity index is 1.43. The molecule has 1 saturated heterocycles. The molecule has 8 nitrogen and oxygen atoms in total. The Morgan fingerprint density at radius 1 is 1.43 bits per heavy atom. The molecular weight excluding hydrogens is 298 g/mol. The molecule has 0 aromatic carbocycles. The molecule has 0 bridgehead atoms. The van der Waals surface area contributed by atoms with E-state index in [0.29, 0.717) is 38.8 Å². The van der Waals surface area contributed by atoms with Gasteiger partial charge in [-0.1, -0.05) is 0 Å². The average molecular weight is 315 g/mol. The molecule has 120 valence electrons. The van der Waals surface area contributed by atoms with Crippen LogP contribution in [0.5, 0.6) is 0 Å². The average Bonchev–Trinajstić information content (AvgIpc) is 3.08. The minimum Gasteiger partial charge on any atom is -0.476 e. The van der Waals surface area contributed by atoms with Gasteiger partial charge >= 0.3 is 5.97 Å². The number of rotatable bonds is 7. The molecule has 0 aliphatic carbocycles. The van der Waals surface area contributed by atoms with Crippen molar-refractivity contribution >= 4 is 11.9 Å². The number of H-pyrrole nitrogens is 1. The molecular formula is C15H17N5O3. The van der Waals surface area contributed by atoms with E-state index in [0.717, 1.165) is 5.69 Å². The molecule has 0 radical (unpaired) electrons. The van der Waals surface area contributed by atoms with E-state index in [1.165, 1.54) is 6.07 Å². The van der Waals surface area contributed by atoms with Crippen molar-refractivity contribution in [1.82, 2.24) is 15.1 Å². The molecule has 0 unspecified atom stereocenters. The summed E-state index contributed by atoms with van der Waals surface area (Å²) >= 11 is 0. The van der Waals surface area contributed by atoms with Crippen LogP contribution in [0.2, 0.25) is 0 Å². The van der Waals surface area contributed by atoms with Crippen molar-refractivity contribution < 1.29 is 14.7 Å². The number of carbonyl (C=O) groups excluding carboxylic acids is 1. The Morgan fingerprint density at radius 3 is 2.74 bits per heavy atom. The van der Waals surface area contributed by atoms with Crippen LogP contribution in [0.4, 0.5) is 0 Å². The van der Waals surface area contributed by atoms with E-state index in [9.17, 15) is 9.59 Å². The van der Waals surface area contributed by atoms with Crippen LogP contribution in [0.15, 0.2) is 16.3 Å². The molecule has 1 aromatic rings. The predicted molar refractivity (Wildman–Crippen MR) is 79.8 cm³/mol. The molecule has 0 atom stereocenters. The van der Waals surface area contributed by atoms with Crippen LogP contribution < -0.4 is 0 Å². The van der Waals surface area contributed by atoms with Gasteiger partial charge in [0.25, 0.3) is 0 Å². The van der Waals surface area contributed by atoms with E-state index in [1.807, 2.05) is 0 Å². The first-order valence-electron chi connectivity index (χ1n) is 7.47. The van der Waals surface area contributed by atoms with Gasteiger partial charge in [0.2, 0.25) is 5.91 Å². The lowest BCUT2D eigenvalue weighted by atomic mass is 9.94. The van der Waals surface area contributed by atoms with Crippen LogP contribution in [0.1, 0.15) is 47.8 Å². The van der Waals surface area contributed by atoms with Gasteiger partial charge in [-0.2, -0.15) is 15.3 Å². The lowest BCUT2D eigenvalue weighted by Crippen LogP contribution is -2.48. The van der Waals surface area contributed by atoms with Crippen molar-refractivity contribution in [3.63, 3.8) is 0 Å². The normalized spacial score (nSPS) is 18.3. The van der Waals surface area contributed by atoms with E-state index < -0.39 is 11.6 Å². The fourth-order valence-corrected chi connectivity index (χ4v) is 2.67. The number of carboxylic acid groups (broad SMARTS) is 1. The van der Waals surface area contributed by atoms with Crippen molar-refractivity contribution in [2.75, 3.05) is 13.1 Å². The zero-order valence-corrected chi connectivity index (χ0v) is 12.5. The second kappa shape index (κ2) is 5.83. The van der Waals surface area contributed by atoms with Gasteiger partial charge in [0.05, 0.1) is 0 Å². The Hall–Kier alpha value is -2.69. The van der Waals surface area contributed by atoms with E-state index in [1.54, 1.807) is 4.90 Å². The monoisotopic (exact) mass is 315 g/mol. The topological polar surface area (TPSA) is 111 Å². The number of carboxylic acids is 1. The lowest BCUT2D eigenvalue weighted by molar-refractivity contribution is -0.136. The number of hydrogen-bond donors (Lipinski definition) is 2. The molecule has 8 heteroatoms. The first kappa shape index (κ1) is 15.2. The van der Waals surface area contributed by atoms with Gasteiger partial charge in [0, 0.05) is 50.4 Å². The fraction of sp³-hybridized carbons (Fsp3) is 0.533. The third kappa shape index (κ3) is 3.23. The number of aromatic amines is 1. The summed E-state index contributed by atoms with van der Waals surface area (Å²) in [6.45, 7) is 1.15. The molecule has 0 spiro atoms. The van der Waals surface area contributed by atoms with Crippen LogP contribution in [0.25, 0.3) is 0 Å². The van der Waals surface area contributed by atoms with Crippen molar-refractivity contribution in [3.8, 4) is 12.3 Å². The van der Waals surface area contributed by atoms with Gasteiger partial charge in [0.1, 0.15) is 0 Å². The van der Waals surface area contributed by atoms with Crippen molar-refractivity contribution in [2.45, 2.75) is 37.3 Å². The number of aromatic carboxylic acids is 1. The van der Waals surface area contributed by atoms with E-state index >= 15 is 0 Å². The summed E-state index contributed by atoms with van der Waals surface area (Å²) in [5.74, 6) is 1.69. The quantitative estimate of drug-likeness (QED) is 0.740. The maximum Gasteiger partial charge on any atom is 0.356 e. The highest BCUT2D eigenvalue weighted by Gasteiger charge is 2.41. The van der Waals surface area contributed by atoms with E-state index in [2.05, 4.69) is 26.3 Å². The van der Waals surface area contributed by atoms with Crippen LogP contribution in [-0.4, -0.2) is 50.8 Å². The Bertz CT molecular complexity index is 690. The number of nitrogens with zero attached hydrogens (tertiary/aromatic N) is 4. The highest BCUT2D eigenvalue weighted by Crippen LogP contribution is 2.38. The summed E-state index contributed by atoms with van der Waals surface area (Å²) in [6.07, 6.45) is 7.54. The molecule has 3 heterocycles. The molecule has 0 saturated carbocycles. The first-order chi connectivity index (χ1) is 11.0. The van der Waals surface area contributed by atoms with Gasteiger partial charge in [-0.15, -0.1) is 12.3 Å². The molecule has 2 aliphatic rings. The molecule has 1 amide bonds. The third-order valence-electron chi connectivity index (χ3n) is 4.28. The number of carbonyl (C=O) groups is 2. The van der Waals surface area contributed by atoms with E-state index in [4.69, 9.17) is 11.5 Å². The van der Waals surface area contributed by atoms with Gasteiger partial charge in [-0.25, -0.2) is 4.79 Å². The van der Waals surface area contributed by atoms with Crippen molar-refractivity contribution in [2.24, 2.45) is 10.2 Å². The molecule has 1 aromatic heterocycles. The first-order valence-corrected chi connectivity index (χ1v) is 7.47. The minimum absolute atomic E-state index is 0.00260. The van der Waals surface area contributed by atoms with Gasteiger partial charge in [-0.3, -0.25) is 9.89 Å². The fourth-order valence-electron chi connectivity index (χ4n) is 2.67. The highest BCUT2D eigenvalue weighted by atomic mass is 16.4. The number of aromatic nitrogens is 2. The molecule has 1 fully saturated rings. The maximum absolute atomic E-state index is 12.1. The van der Waals surface area contributed by atoms with Crippen molar-refractivity contribution in [1.29, 1.82) is 0 Å². The Labute approximate surface area is 133 Å². The number of terminal acetylenes is 1. The summed E-state index contributed by atoms with van der Waals surface area (Å²) in [4.78, 5) is 24.7. The zero-order chi connectivity index (χ0) is 16.4. The van der Waals surface area contributed by atoms with Gasteiger partial charge in [-0.05, 0) is 6.07 Å². The second-order valence-corrected chi connectivity index (χ2v) is 5.90. The minimum atomic E-state index is -1.06. The number of hydrogen-bond acceptors (Lipinski definition) is 5. The number of likely N-dealkylation sites (tertiary alicyclic amines) is 1. The number of nitrogens with one attached hydrogen (secondary N) is 1. The van der Waals surface area contributed by atoms with Crippen LogP contribution in [-0.2, 0) is 4.79 Å². The summed E-state index contributed by atoms with van der Waals surface area (Å²) in [5, 5.41) is 23.3. The summed E-state index contributed by atoms with van der Waals surface area (Å²) in [5.41, 5.74) is 0.327. The Kier molecular flexibility index (Phi) is 3.86. The smallest absolute Gasteiger partial charge is 0.356 e. The molecule has 2 N–H and O–H groups in total. The molecule has 3 rings (SSSR count). The lowest BCUT2D eigenvalue weighted by Gasteiger charge is -2.38. The molecule has 2 aliphatic heterocycles. The molecule has 23 heavy (non-hydrogen) atoms.